The molecular weight excluding hydrogens is 280 g/mol. The minimum absolute atomic E-state index is 0.0215. The molecule has 3 rings (SSSR count). The molecule has 0 saturated heterocycles. The molecule has 0 bridgehead atoms. The van der Waals surface area contributed by atoms with Crippen LogP contribution in [-0.2, 0) is 24.1 Å². The predicted octanol–water partition coefficient (Wildman–Crippen LogP) is 3.90. The molecule has 0 atom stereocenters. The summed E-state index contributed by atoms with van der Waals surface area (Å²) in [4.78, 5) is 18.1. The summed E-state index contributed by atoms with van der Waals surface area (Å²) in [6, 6.07) is 8.01. The number of thiazole rings is 1. The molecule has 110 valence electrons. The van der Waals surface area contributed by atoms with Crippen molar-refractivity contribution in [1.29, 1.82) is 0 Å². The van der Waals surface area contributed by atoms with Gasteiger partial charge in [0.25, 0.3) is 0 Å². The Bertz CT molecular complexity index is 624. The number of amides is 1. The molecule has 1 heterocycles. The molecule has 2 aromatic rings. The Morgan fingerprint density at radius 1 is 1.24 bits per heavy atom. The van der Waals surface area contributed by atoms with Gasteiger partial charge in [-0.3, -0.25) is 4.79 Å². The van der Waals surface area contributed by atoms with Crippen molar-refractivity contribution in [2.24, 2.45) is 0 Å². The second kappa shape index (κ2) is 6.39. The minimum Gasteiger partial charge on any atom is -0.302 e. The molecule has 1 N–H and O–H groups in total. The first-order valence-electron chi connectivity index (χ1n) is 7.55. The van der Waals surface area contributed by atoms with Crippen LogP contribution in [0.2, 0.25) is 0 Å². The van der Waals surface area contributed by atoms with Crippen LogP contribution in [0.4, 0.5) is 5.13 Å². The van der Waals surface area contributed by atoms with E-state index in [-0.39, 0.29) is 5.91 Å². The molecule has 1 aromatic carbocycles. The van der Waals surface area contributed by atoms with Gasteiger partial charge in [0.2, 0.25) is 5.91 Å². The zero-order chi connectivity index (χ0) is 14.7. The van der Waals surface area contributed by atoms with E-state index < -0.39 is 0 Å². The highest BCUT2D eigenvalue weighted by molar-refractivity contribution is 7.15. The van der Waals surface area contributed by atoms with Crippen LogP contribution < -0.4 is 5.32 Å². The summed E-state index contributed by atoms with van der Waals surface area (Å²) in [6.07, 6.45) is 6.33. The number of aryl methyl sites for hydroxylation is 3. The molecule has 21 heavy (non-hydrogen) atoms. The SMILES string of the molecule is Cc1ccccc1CC(=O)Nc1nc2c(s1)CCCCC2. The summed E-state index contributed by atoms with van der Waals surface area (Å²) in [5.41, 5.74) is 3.43. The fourth-order valence-corrected chi connectivity index (χ4v) is 3.79. The molecule has 0 fully saturated rings. The smallest absolute Gasteiger partial charge is 0.230 e. The van der Waals surface area contributed by atoms with Crippen molar-refractivity contribution in [3.8, 4) is 0 Å². The first kappa shape index (κ1) is 14.3. The summed E-state index contributed by atoms with van der Waals surface area (Å²) in [5, 5.41) is 3.73. The molecule has 1 aromatic heterocycles. The highest BCUT2D eigenvalue weighted by Gasteiger charge is 2.15. The number of carbonyl (C=O) groups excluding carboxylic acids is 1. The van der Waals surface area contributed by atoms with Crippen molar-refractivity contribution in [2.75, 3.05) is 5.32 Å². The monoisotopic (exact) mass is 300 g/mol. The number of rotatable bonds is 3. The van der Waals surface area contributed by atoms with Crippen LogP contribution in [0.15, 0.2) is 24.3 Å². The van der Waals surface area contributed by atoms with Gasteiger partial charge in [0.1, 0.15) is 0 Å². The van der Waals surface area contributed by atoms with E-state index in [1.807, 2.05) is 31.2 Å². The number of carbonyl (C=O) groups is 1. The van der Waals surface area contributed by atoms with E-state index in [2.05, 4.69) is 10.3 Å². The standard InChI is InChI=1S/C17H20N2OS/c1-12-7-5-6-8-13(12)11-16(20)19-17-18-14-9-3-2-4-10-15(14)21-17/h5-8H,2-4,9-11H2,1H3,(H,18,19,20). The van der Waals surface area contributed by atoms with Gasteiger partial charge >= 0.3 is 0 Å². The zero-order valence-corrected chi connectivity index (χ0v) is 13.1. The number of aromatic nitrogens is 1. The van der Waals surface area contributed by atoms with Gasteiger partial charge in [-0.1, -0.05) is 30.7 Å². The lowest BCUT2D eigenvalue weighted by Crippen LogP contribution is -2.14. The van der Waals surface area contributed by atoms with Gasteiger partial charge in [-0.2, -0.15) is 0 Å². The number of nitrogens with one attached hydrogen (secondary N) is 1. The van der Waals surface area contributed by atoms with E-state index >= 15 is 0 Å². The number of nitrogens with zero attached hydrogens (tertiary/aromatic N) is 1. The number of hydrogen-bond acceptors (Lipinski definition) is 3. The van der Waals surface area contributed by atoms with Crippen LogP contribution in [0, 0.1) is 6.92 Å². The van der Waals surface area contributed by atoms with Gasteiger partial charge < -0.3 is 5.32 Å². The van der Waals surface area contributed by atoms with Crippen LogP contribution in [0.3, 0.4) is 0 Å². The lowest BCUT2D eigenvalue weighted by molar-refractivity contribution is -0.115. The molecule has 0 saturated carbocycles. The van der Waals surface area contributed by atoms with Crippen LogP contribution in [0.25, 0.3) is 0 Å². The van der Waals surface area contributed by atoms with Crippen molar-refractivity contribution in [3.05, 3.63) is 46.0 Å². The maximum absolute atomic E-state index is 12.2. The molecule has 3 nitrogen and oxygen atoms in total. The third-order valence-corrected chi connectivity index (χ3v) is 5.03. The van der Waals surface area contributed by atoms with Crippen LogP contribution in [-0.4, -0.2) is 10.9 Å². The van der Waals surface area contributed by atoms with Gasteiger partial charge in [0, 0.05) is 4.88 Å². The average molecular weight is 300 g/mol. The number of fused-ring (bicyclic) bond motifs is 1. The van der Waals surface area contributed by atoms with Crippen LogP contribution in [0.1, 0.15) is 41.0 Å². The van der Waals surface area contributed by atoms with Crippen molar-refractivity contribution >= 4 is 22.4 Å². The van der Waals surface area contributed by atoms with Gasteiger partial charge in [0.15, 0.2) is 5.13 Å². The normalized spacial score (nSPS) is 14.3. The molecule has 0 spiro atoms. The van der Waals surface area contributed by atoms with Crippen LogP contribution in [0.5, 0.6) is 0 Å². The fraction of sp³-hybridized carbons (Fsp3) is 0.412. The van der Waals surface area contributed by atoms with Gasteiger partial charge in [-0.05, 0) is 43.7 Å². The zero-order valence-electron chi connectivity index (χ0n) is 12.3. The summed E-state index contributed by atoms with van der Waals surface area (Å²) < 4.78 is 0. The maximum Gasteiger partial charge on any atom is 0.230 e. The van der Waals surface area contributed by atoms with E-state index in [4.69, 9.17) is 0 Å². The predicted molar refractivity (Wildman–Crippen MR) is 86.9 cm³/mol. The molecular formula is C17H20N2OS. The quantitative estimate of drug-likeness (QED) is 0.873. The maximum atomic E-state index is 12.2. The van der Waals surface area contributed by atoms with Crippen molar-refractivity contribution in [3.63, 3.8) is 0 Å². The van der Waals surface area contributed by atoms with Crippen molar-refractivity contribution in [2.45, 2.75) is 45.4 Å². The topological polar surface area (TPSA) is 42.0 Å². The second-order valence-electron chi connectivity index (χ2n) is 5.60. The van der Waals surface area contributed by atoms with Gasteiger partial charge in [-0.25, -0.2) is 4.98 Å². The third kappa shape index (κ3) is 3.50. The van der Waals surface area contributed by atoms with Crippen molar-refractivity contribution < 1.29 is 4.79 Å². The fourth-order valence-electron chi connectivity index (χ4n) is 2.73. The third-order valence-electron chi connectivity index (χ3n) is 3.95. The minimum atomic E-state index is 0.0215. The van der Waals surface area contributed by atoms with Crippen molar-refractivity contribution in [1.82, 2.24) is 4.98 Å². The van der Waals surface area contributed by atoms with E-state index in [9.17, 15) is 4.79 Å². The lowest BCUT2D eigenvalue weighted by atomic mass is 10.1. The van der Waals surface area contributed by atoms with E-state index in [1.165, 1.54) is 29.8 Å². The molecule has 0 aliphatic heterocycles. The molecule has 0 unspecified atom stereocenters. The largest absolute Gasteiger partial charge is 0.302 e. The summed E-state index contributed by atoms with van der Waals surface area (Å²) >= 11 is 1.65. The second-order valence-corrected chi connectivity index (χ2v) is 6.68. The summed E-state index contributed by atoms with van der Waals surface area (Å²) in [5.74, 6) is 0.0215. The Kier molecular flexibility index (Phi) is 4.34. The molecule has 1 amide bonds. The van der Waals surface area contributed by atoms with Crippen LogP contribution >= 0.6 is 11.3 Å². The molecule has 1 aliphatic carbocycles. The molecule has 1 aliphatic rings. The Morgan fingerprint density at radius 3 is 2.90 bits per heavy atom. The Labute approximate surface area is 129 Å². The highest BCUT2D eigenvalue weighted by atomic mass is 32.1. The van der Waals surface area contributed by atoms with E-state index in [1.54, 1.807) is 11.3 Å². The Morgan fingerprint density at radius 2 is 2.05 bits per heavy atom. The molecule has 0 radical (unpaired) electrons. The molecule has 4 heteroatoms. The first-order chi connectivity index (χ1) is 10.2. The van der Waals surface area contributed by atoms with E-state index in [0.717, 1.165) is 29.1 Å². The average Bonchev–Trinajstić information content (AvgIpc) is 2.70. The summed E-state index contributed by atoms with van der Waals surface area (Å²) in [7, 11) is 0. The van der Waals surface area contributed by atoms with Gasteiger partial charge in [-0.15, -0.1) is 11.3 Å². The number of anilines is 1. The Balaban J connectivity index is 1.66. The van der Waals surface area contributed by atoms with Gasteiger partial charge in [0.05, 0.1) is 12.1 Å². The first-order valence-corrected chi connectivity index (χ1v) is 8.37. The highest BCUT2D eigenvalue weighted by Crippen LogP contribution is 2.29. The Hall–Kier alpha value is -1.68. The number of benzene rings is 1. The van der Waals surface area contributed by atoms with E-state index in [0.29, 0.717) is 6.42 Å². The number of hydrogen-bond donors (Lipinski definition) is 1. The summed E-state index contributed by atoms with van der Waals surface area (Å²) in [6.45, 7) is 2.04. The lowest BCUT2D eigenvalue weighted by Gasteiger charge is -2.05.